The van der Waals surface area contributed by atoms with E-state index in [0.29, 0.717) is 0 Å². The first-order chi connectivity index (χ1) is 5.29. The Morgan fingerprint density at radius 1 is 1.45 bits per heavy atom. The van der Waals surface area contributed by atoms with Gasteiger partial charge in [-0.05, 0) is 12.0 Å². The normalized spacial score (nSPS) is 17.4. The average molecular weight is 168 g/mol. The van der Waals surface area contributed by atoms with Crippen molar-refractivity contribution >= 4 is 10.8 Å². The largest absolute Gasteiger partial charge is 0.260 e. The fourth-order valence-corrected chi connectivity index (χ4v) is 1.37. The molecule has 0 fully saturated rings. The van der Waals surface area contributed by atoms with E-state index in [1.807, 2.05) is 12.2 Å². The van der Waals surface area contributed by atoms with Gasteiger partial charge in [0.2, 0.25) is 0 Å². The molecule has 0 aliphatic heterocycles. The van der Waals surface area contributed by atoms with E-state index in [9.17, 15) is 4.21 Å². The lowest BCUT2D eigenvalue weighted by Gasteiger charge is -1.91. The Morgan fingerprint density at radius 2 is 2.09 bits per heavy atom. The second-order valence-corrected chi connectivity index (χ2v) is 4.04. The Balaban J connectivity index is 2.30. The van der Waals surface area contributed by atoms with Crippen molar-refractivity contribution in [3.63, 3.8) is 0 Å². The van der Waals surface area contributed by atoms with Gasteiger partial charge in [0.25, 0.3) is 0 Å². The monoisotopic (exact) mass is 168 g/mol. The minimum absolute atomic E-state index is 0.658. The fourth-order valence-electron chi connectivity index (χ4n) is 0.917. The summed E-state index contributed by atoms with van der Waals surface area (Å²) in [4.78, 5) is 0. The minimum atomic E-state index is -0.658. The van der Waals surface area contributed by atoms with Crippen molar-refractivity contribution in [3.05, 3.63) is 36.0 Å². The summed E-state index contributed by atoms with van der Waals surface area (Å²) >= 11 is 0. The lowest BCUT2D eigenvalue weighted by atomic mass is 10.2. The Labute approximate surface area is 70.0 Å². The Hall–Kier alpha value is -0.630. The SMILES string of the molecule is CS(=O)CCC=C1C=CC=C1. The number of rotatable bonds is 3. The van der Waals surface area contributed by atoms with Crippen LogP contribution >= 0.6 is 0 Å². The molecule has 0 amide bonds. The molecule has 0 bridgehead atoms. The van der Waals surface area contributed by atoms with Crippen LogP contribution in [-0.2, 0) is 10.8 Å². The summed E-state index contributed by atoms with van der Waals surface area (Å²) in [5.74, 6) is 0.769. The van der Waals surface area contributed by atoms with E-state index in [1.165, 1.54) is 5.57 Å². The molecular weight excluding hydrogens is 156 g/mol. The van der Waals surface area contributed by atoms with Crippen LogP contribution in [0.2, 0.25) is 0 Å². The average Bonchev–Trinajstić information content (AvgIpc) is 2.39. The van der Waals surface area contributed by atoms with Gasteiger partial charge < -0.3 is 0 Å². The summed E-state index contributed by atoms with van der Waals surface area (Å²) in [6.45, 7) is 0. The second-order valence-electron chi connectivity index (χ2n) is 2.49. The van der Waals surface area contributed by atoms with Gasteiger partial charge in [-0.2, -0.15) is 0 Å². The first-order valence-corrected chi connectivity index (χ1v) is 5.37. The van der Waals surface area contributed by atoms with E-state index in [0.717, 1.165) is 12.2 Å². The summed E-state index contributed by atoms with van der Waals surface area (Å²) in [6.07, 6.45) is 12.9. The lowest BCUT2D eigenvalue weighted by Crippen LogP contribution is -1.91. The molecule has 1 rings (SSSR count). The van der Waals surface area contributed by atoms with Crippen LogP contribution in [0, 0.1) is 0 Å². The molecule has 2 heteroatoms. The third-order valence-corrected chi connectivity index (χ3v) is 2.28. The summed E-state index contributed by atoms with van der Waals surface area (Å²) in [5.41, 5.74) is 1.23. The van der Waals surface area contributed by atoms with Gasteiger partial charge in [-0.15, -0.1) is 0 Å². The van der Waals surface area contributed by atoms with Crippen LogP contribution in [0.5, 0.6) is 0 Å². The van der Waals surface area contributed by atoms with Gasteiger partial charge >= 0.3 is 0 Å². The van der Waals surface area contributed by atoms with Gasteiger partial charge in [-0.25, -0.2) is 0 Å². The first kappa shape index (κ1) is 8.47. The highest BCUT2D eigenvalue weighted by Gasteiger charge is 1.91. The van der Waals surface area contributed by atoms with Crippen molar-refractivity contribution in [2.24, 2.45) is 0 Å². The van der Waals surface area contributed by atoms with Crippen molar-refractivity contribution in [1.82, 2.24) is 0 Å². The van der Waals surface area contributed by atoms with Crippen LogP contribution in [-0.4, -0.2) is 16.2 Å². The van der Waals surface area contributed by atoms with Gasteiger partial charge in [-0.1, -0.05) is 30.4 Å². The zero-order valence-electron chi connectivity index (χ0n) is 6.62. The maximum atomic E-state index is 10.7. The quantitative estimate of drug-likeness (QED) is 0.628. The maximum absolute atomic E-state index is 10.7. The molecule has 1 atom stereocenters. The smallest absolute Gasteiger partial charge is 0.0266 e. The molecule has 0 N–H and O–H groups in total. The van der Waals surface area contributed by atoms with E-state index in [1.54, 1.807) is 6.26 Å². The van der Waals surface area contributed by atoms with Crippen LogP contribution in [0.3, 0.4) is 0 Å². The highest BCUT2D eigenvalue weighted by atomic mass is 32.2. The summed E-state index contributed by atoms with van der Waals surface area (Å²) in [5, 5.41) is 0. The van der Waals surface area contributed by atoms with Crippen molar-refractivity contribution in [2.75, 3.05) is 12.0 Å². The van der Waals surface area contributed by atoms with Crippen molar-refractivity contribution in [3.8, 4) is 0 Å². The van der Waals surface area contributed by atoms with E-state index in [4.69, 9.17) is 0 Å². The molecule has 1 nitrogen and oxygen atoms in total. The van der Waals surface area contributed by atoms with Gasteiger partial charge in [0.15, 0.2) is 0 Å². The molecular formula is C9H12OS. The minimum Gasteiger partial charge on any atom is -0.260 e. The Kier molecular flexibility index (Phi) is 3.30. The molecule has 1 aliphatic rings. The van der Waals surface area contributed by atoms with Gasteiger partial charge in [-0.3, -0.25) is 4.21 Å². The van der Waals surface area contributed by atoms with Crippen LogP contribution < -0.4 is 0 Å². The lowest BCUT2D eigenvalue weighted by molar-refractivity contribution is 0.686. The highest BCUT2D eigenvalue weighted by Crippen LogP contribution is 2.07. The van der Waals surface area contributed by atoms with E-state index < -0.39 is 10.8 Å². The number of hydrogen-bond acceptors (Lipinski definition) is 1. The molecule has 0 aromatic rings. The fraction of sp³-hybridized carbons (Fsp3) is 0.333. The third-order valence-electron chi connectivity index (χ3n) is 1.47. The van der Waals surface area contributed by atoms with Crippen molar-refractivity contribution in [1.29, 1.82) is 0 Å². The Morgan fingerprint density at radius 3 is 2.64 bits per heavy atom. The molecule has 1 aliphatic carbocycles. The topological polar surface area (TPSA) is 17.1 Å². The van der Waals surface area contributed by atoms with Gasteiger partial charge in [0.1, 0.15) is 0 Å². The summed E-state index contributed by atoms with van der Waals surface area (Å²) in [7, 11) is -0.658. The van der Waals surface area contributed by atoms with Crippen LogP contribution in [0.25, 0.3) is 0 Å². The number of hydrogen-bond donors (Lipinski definition) is 0. The maximum Gasteiger partial charge on any atom is 0.0266 e. The van der Waals surface area contributed by atoms with Gasteiger partial charge in [0.05, 0.1) is 0 Å². The summed E-state index contributed by atoms with van der Waals surface area (Å²) in [6, 6.07) is 0. The molecule has 0 heterocycles. The molecule has 0 aromatic heterocycles. The predicted octanol–water partition coefficient (Wildman–Crippen LogP) is 1.81. The Bertz CT molecular complexity index is 222. The first-order valence-electron chi connectivity index (χ1n) is 3.64. The zero-order chi connectivity index (χ0) is 8.10. The van der Waals surface area contributed by atoms with E-state index in [-0.39, 0.29) is 0 Å². The van der Waals surface area contributed by atoms with Crippen LogP contribution in [0.4, 0.5) is 0 Å². The molecule has 0 spiro atoms. The molecule has 0 radical (unpaired) electrons. The van der Waals surface area contributed by atoms with Crippen LogP contribution in [0.1, 0.15) is 6.42 Å². The van der Waals surface area contributed by atoms with Crippen molar-refractivity contribution < 1.29 is 4.21 Å². The number of allylic oxidation sites excluding steroid dienone is 6. The molecule has 60 valence electrons. The zero-order valence-corrected chi connectivity index (χ0v) is 7.43. The highest BCUT2D eigenvalue weighted by molar-refractivity contribution is 7.84. The van der Waals surface area contributed by atoms with Crippen LogP contribution in [0.15, 0.2) is 36.0 Å². The third kappa shape index (κ3) is 3.33. The predicted molar refractivity (Wildman–Crippen MR) is 49.9 cm³/mol. The molecule has 0 aromatic carbocycles. The van der Waals surface area contributed by atoms with E-state index >= 15 is 0 Å². The second kappa shape index (κ2) is 4.29. The molecule has 11 heavy (non-hydrogen) atoms. The molecule has 0 saturated heterocycles. The van der Waals surface area contributed by atoms with Crippen molar-refractivity contribution in [2.45, 2.75) is 6.42 Å². The standard InChI is InChI=1S/C9H12OS/c1-11(10)8-4-7-9-5-2-3-6-9/h2-3,5-7H,4,8H2,1H3. The molecule has 1 unspecified atom stereocenters. The van der Waals surface area contributed by atoms with E-state index in [2.05, 4.69) is 18.2 Å². The van der Waals surface area contributed by atoms with Gasteiger partial charge in [0, 0.05) is 22.8 Å². The molecule has 0 saturated carbocycles. The summed E-state index contributed by atoms with van der Waals surface area (Å²) < 4.78 is 10.7.